The molecular weight excluding hydrogens is 424 g/mol. The number of nitro groups is 2. The van der Waals surface area contributed by atoms with Crippen molar-refractivity contribution in [1.82, 2.24) is 5.17 Å². The number of nitrogens with two attached hydrogens (primary N) is 1. The number of nitrogens with zero attached hydrogens (tertiary/aromatic N) is 4. The lowest BCUT2D eigenvalue weighted by Gasteiger charge is -2.05. The molecule has 5 N–H and O–H groups in total. The molecule has 15 heteroatoms. The number of nitrogens with one attached hydrogen (secondary N) is 1. The lowest BCUT2D eigenvalue weighted by molar-refractivity contribution is -0.422. The first kappa shape index (κ1) is 24.1. The molecule has 0 bridgehead atoms. The minimum atomic E-state index is -4.02. The number of benzene rings is 2. The Morgan fingerprint density at radius 3 is 2.17 bits per heavy atom. The molecule has 0 amide bonds. The highest BCUT2D eigenvalue weighted by Crippen LogP contribution is 2.29. The summed E-state index contributed by atoms with van der Waals surface area (Å²) in [7, 11) is -4.02. The molecule has 0 saturated heterocycles. The van der Waals surface area contributed by atoms with Crippen LogP contribution in [0.25, 0.3) is 0 Å². The van der Waals surface area contributed by atoms with Crippen molar-refractivity contribution >= 4 is 33.7 Å². The van der Waals surface area contributed by atoms with Gasteiger partial charge in [0.25, 0.3) is 10.1 Å². The van der Waals surface area contributed by atoms with E-state index in [1.807, 2.05) is 6.92 Å². The zero-order valence-electron chi connectivity index (χ0n) is 15.2. The zero-order valence-corrected chi connectivity index (χ0v) is 16.1. The molecule has 2 aromatic rings. The summed E-state index contributed by atoms with van der Waals surface area (Å²) < 4.78 is 29.6. The van der Waals surface area contributed by atoms with E-state index < -0.39 is 37.3 Å². The van der Waals surface area contributed by atoms with E-state index in [2.05, 4.69) is 5.10 Å². The van der Waals surface area contributed by atoms with E-state index in [9.17, 15) is 28.6 Å². The Labute approximate surface area is 169 Å². The molecule has 0 heterocycles. The van der Waals surface area contributed by atoms with E-state index >= 15 is 0 Å². The van der Waals surface area contributed by atoms with Crippen LogP contribution in [0.2, 0.25) is 0 Å². The number of para-hydroxylation sites is 1. The second-order valence-corrected chi connectivity index (χ2v) is 6.86. The first-order chi connectivity index (χ1) is 13.8. The molecule has 0 aromatic heterocycles. The van der Waals surface area contributed by atoms with Crippen LogP contribution < -0.4 is 5.73 Å². The molecule has 0 atom stereocenters. The lowest BCUT2D eigenvalue weighted by Crippen LogP contribution is -2.28. The molecule has 0 aliphatic heterocycles. The lowest BCUT2D eigenvalue weighted by atomic mass is 10.1. The highest BCUT2D eigenvalue weighted by atomic mass is 32.2. The van der Waals surface area contributed by atoms with Gasteiger partial charge >= 0.3 is 11.4 Å². The highest BCUT2D eigenvalue weighted by molar-refractivity contribution is 7.85. The predicted octanol–water partition coefficient (Wildman–Crippen LogP) is 1.66. The van der Waals surface area contributed by atoms with Gasteiger partial charge in [-0.1, -0.05) is 23.8 Å². The van der Waals surface area contributed by atoms with Crippen LogP contribution in [-0.2, 0) is 10.1 Å². The summed E-state index contributed by atoms with van der Waals surface area (Å²) in [5.41, 5.74) is 4.15. The normalized spacial score (nSPS) is 10.8. The maximum Gasteiger partial charge on any atom is 0.354 e. The third kappa shape index (κ3) is 6.89. The average molecular weight is 440 g/mol. The highest BCUT2D eigenvalue weighted by Gasteiger charge is 2.27. The summed E-state index contributed by atoms with van der Waals surface area (Å²) in [5.74, 6) is -0.815. The van der Waals surface area contributed by atoms with Gasteiger partial charge in [-0.3, -0.25) is 35.4 Å². The van der Waals surface area contributed by atoms with Crippen molar-refractivity contribution in [2.45, 2.75) is 11.8 Å². The summed E-state index contributed by atoms with van der Waals surface area (Å²) in [6, 6.07) is 9.38. The Morgan fingerprint density at radius 2 is 1.73 bits per heavy atom. The number of rotatable bonds is 5. The predicted molar refractivity (Wildman–Crippen MR) is 104 cm³/mol. The number of hydrogen-bond acceptors (Lipinski definition) is 9. The van der Waals surface area contributed by atoms with Crippen LogP contribution in [0.5, 0.6) is 0 Å². The van der Waals surface area contributed by atoms with Crippen molar-refractivity contribution in [1.29, 1.82) is 5.41 Å². The van der Waals surface area contributed by atoms with Gasteiger partial charge in [0.1, 0.15) is 0 Å². The standard InChI is InChI=1S/C8H8N6O5.C7H8O3S/c9-8(10)12(15)11-4-5-2-1-3-6(13(16)17)7(5)14(18)19;1-6-2-4-7(5-3-6)11(8,9)10/h1-4,15H,(H3,9,10);2-5H,1H3,(H,8,9,10). The van der Waals surface area contributed by atoms with Crippen molar-refractivity contribution in [3.05, 3.63) is 73.8 Å². The average Bonchev–Trinajstić information content (AvgIpc) is 2.65. The summed E-state index contributed by atoms with van der Waals surface area (Å²) >= 11 is 0. The number of guanidine groups is 1. The summed E-state index contributed by atoms with van der Waals surface area (Å²) in [5, 5.41) is 40.5. The van der Waals surface area contributed by atoms with Gasteiger partial charge in [0.2, 0.25) is 5.96 Å². The quantitative estimate of drug-likeness (QED) is 0.173. The van der Waals surface area contributed by atoms with Gasteiger partial charge in [-0.2, -0.15) is 13.5 Å². The van der Waals surface area contributed by atoms with Gasteiger partial charge in [-0.25, -0.2) is 0 Å². The number of hydrogen-bond donors (Lipinski definition) is 4. The van der Waals surface area contributed by atoms with Gasteiger partial charge in [0, 0.05) is 6.07 Å². The van der Waals surface area contributed by atoms with Crippen LogP contribution in [0, 0.1) is 32.6 Å². The zero-order chi connectivity index (χ0) is 23.1. The largest absolute Gasteiger partial charge is 0.367 e. The monoisotopic (exact) mass is 440 g/mol. The Kier molecular flexibility index (Phi) is 8.04. The van der Waals surface area contributed by atoms with Crippen molar-refractivity contribution in [2.24, 2.45) is 10.8 Å². The Bertz CT molecular complexity index is 1080. The molecule has 0 fully saturated rings. The van der Waals surface area contributed by atoms with Crippen molar-refractivity contribution in [3.63, 3.8) is 0 Å². The molecule has 2 aromatic carbocycles. The molecule has 0 radical (unpaired) electrons. The Balaban J connectivity index is 0.000000346. The van der Waals surface area contributed by atoms with Crippen LogP contribution in [0.4, 0.5) is 11.4 Å². The maximum atomic E-state index is 10.8. The van der Waals surface area contributed by atoms with Crippen LogP contribution in [0.1, 0.15) is 11.1 Å². The number of aryl methyl sites for hydroxylation is 1. The van der Waals surface area contributed by atoms with E-state index in [-0.39, 0.29) is 15.6 Å². The van der Waals surface area contributed by atoms with E-state index in [1.54, 1.807) is 12.1 Å². The molecule has 0 unspecified atom stereocenters. The molecule has 160 valence electrons. The smallest absolute Gasteiger partial charge is 0.354 e. The van der Waals surface area contributed by atoms with Gasteiger partial charge in [-0.15, -0.1) is 5.17 Å². The van der Waals surface area contributed by atoms with E-state index in [0.717, 1.165) is 17.8 Å². The molecule has 2 rings (SSSR count). The molecule has 30 heavy (non-hydrogen) atoms. The van der Waals surface area contributed by atoms with Gasteiger partial charge in [0.05, 0.1) is 26.5 Å². The van der Waals surface area contributed by atoms with Crippen LogP contribution >= 0.6 is 0 Å². The van der Waals surface area contributed by atoms with Crippen LogP contribution in [-0.4, -0.2) is 45.4 Å². The minimum absolute atomic E-state index is 0.0391. The fourth-order valence-corrected chi connectivity index (χ4v) is 2.37. The van der Waals surface area contributed by atoms with Gasteiger partial charge in [-0.05, 0) is 25.1 Å². The third-order valence-corrected chi connectivity index (χ3v) is 4.13. The fourth-order valence-electron chi connectivity index (χ4n) is 1.89. The van der Waals surface area contributed by atoms with E-state index in [0.29, 0.717) is 0 Å². The van der Waals surface area contributed by atoms with Gasteiger partial charge in [0.15, 0.2) is 0 Å². The topological polar surface area (TPSA) is 226 Å². The first-order valence-electron chi connectivity index (χ1n) is 7.67. The third-order valence-electron chi connectivity index (χ3n) is 3.27. The molecule has 0 spiro atoms. The maximum absolute atomic E-state index is 10.8. The number of hydrazone groups is 1. The Morgan fingerprint density at radius 1 is 1.17 bits per heavy atom. The van der Waals surface area contributed by atoms with Gasteiger partial charge < -0.3 is 5.73 Å². The number of nitro benzene ring substituents is 2. The molecule has 14 nitrogen and oxygen atoms in total. The van der Waals surface area contributed by atoms with Crippen molar-refractivity contribution in [2.75, 3.05) is 0 Å². The number of hydroxylamine groups is 1. The van der Waals surface area contributed by atoms with Crippen LogP contribution in [0.15, 0.2) is 52.5 Å². The second-order valence-electron chi connectivity index (χ2n) is 5.44. The fraction of sp³-hybridized carbons (Fsp3) is 0.0667. The van der Waals surface area contributed by atoms with Crippen LogP contribution in [0.3, 0.4) is 0 Å². The summed E-state index contributed by atoms with van der Waals surface area (Å²) in [4.78, 5) is 19.6. The Hall–Kier alpha value is -3.95. The van der Waals surface area contributed by atoms with Crippen molar-refractivity contribution < 1.29 is 28.0 Å². The molecule has 0 saturated carbocycles. The van der Waals surface area contributed by atoms with E-state index in [1.165, 1.54) is 24.3 Å². The molecule has 0 aliphatic rings. The SMILES string of the molecule is Cc1ccc(S(=O)(=O)O)cc1.N=C(N)N(O)N=Cc1cccc([N+](=O)[O-])c1[N+](=O)[O-]. The van der Waals surface area contributed by atoms with E-state index in [4.69, 9.17) is 20.9 Å². The minimum Gasteiger partial charge on any atom is -0.367 e. The second kappa shape index (κ2) is 10.0. The first-order valence-corrected chi connectivity index (χ1v) is 9.11. The molecular formula is C15H16N6O8S. The van der Waals surface area contributed by atoms with Crippen molar-refractivity contribution in [3.8, 4) is 0 Å². The summed E-state index contributed by atoms with van der Waals surface area (Å²) in [6.07, 6.45) is 0.784. The summed E-state index contributed by atoms with van der Waals surface area (Å²) in [6.45, 7) is 1.84. The molecule has 0 aliphatic carbocycles.